The number of hydrogen-bond donors (Lipinski definition) is 3. The summed E-state index contributed by atoms with van der Waals surface area (Å²) in [5.74, 6) is -3.19. The molecule has 0 unspecified atom stereocenters. The number of carbonyl (C=O) groups excluding carboxylic acids is 4. The van der Waals surface area contributed by atoms with Crippen molar-refractivity contribution in [1.82, 2.24) is 15.1 Å². The number of likely N-dealkylation sites (N-methyl/N-ethyl adjacent to an activating group) is 1. The molecule has 39 heavy (non-hydrogen) atoms. The fourth-order valence-electron chi connectivity index (χ4n) is 5.92. The Morgan fingerprint density at radius 1 is 1.03 bits per heavy atom. The van der Waals surface area contributed by atoms with E-state index in [9.17, 15) is 33.1 Å². The van der Waals surface area contributed by atoms with Gasteiger partial charge in [0, 0.05) is 38.2 Å². The zero-order chi connectivity index (χ0) is 27.9. The van der Waals surface area contributed by atoms with Gasteiger partial charge in [0.1, 0.15) is 29.3 Å². The lowest BCUT2D eigenvalue weighted by atomic mass is 9.83. The maximum absolute atomic E-state index is 13.8. The van der Waals surface area contributed by atoms with Crippen molar-refractivity contribution in [2.45, 2.75) is 62.6 Å². The van der Waals surface area contributed by atoms with Gasteiger partial charge in [-0.2, -0.15) is 0 Å². The number of amides is 5. The van der Waals surface area contributed by atoms with E-state index < -0.39 is 47.2 Å². The first-order valence-corrected chi connectivity index (χ1v) is 13.0. The predicted octanol–water partition coefficient (Wildman–Crippen LogP) is 2.65. The van der Waals surface area contributed by atoms with Gasteiger partial charge in [0.15, 0.2) is 0 Å². The molecule has 3 N–H and O–H groups in total. The van der Waals surface area contributed by atoms with Crippen LogP contribution in [-0.4, -0.2) is 63.4 Å². The maximum Gasteiger partial charge on any atom is 0.324 e. The van der Waals surface area contributed by atoms with Crippen molar-refractivity contribution in [3.63, 3.8) is 0 Å². The summed E-state index contributed by atoms with van der Waals surface area (Å²) in [7, 11) is 1.57. The standard InChI is InChI=1S/C28H30F2N4O5/c1-33-26(38)32-24(36)27(33)13-18-5-6-22(11-19(18)14-27)31-23(35)16-34(15-17-9-20(29)12-21(30)10-17)25(37)28(39)7-3-2-4-8-28/h5-6,9-12,39H,2-4,7-8,13-16H2,1H3,(H,31,35)(H,32,36,38)/t27-/m0/s1. The SMILES string of the molecule is CN1C(=O)NC(=O)[C@@]12Cc1ccc(NC(=O)CN(Cc3cc(F)cc(F)c3)C(=O)C3(O)CCCCC3)cc1C2. The molecule has 5 amide bonds. The topological polar surface area (TPSA) is 119 Å². The first kappa shape index (κ1) is 26.7. The molecule has 1 spiro atoms. The van der Waals surface area contributed by atoms with Crippen molar-refractivity contribution < 1.29 is 33.1 Å². The quantitative estimate of drug-likeness (QED) is 0.487. The summed E-state index contributed by atoms with van der Waals surface area (Å²) in [5.41, 5.74) is -0.357. The van der Waals surface area contributed by atoms with Gasteiger partial charge in [0.25, 0.3) is 11.8 Å². The summed E-state index contributed by atoms with van der Waals surface area (Å²) in [6.07, 6.45) is 3.35. The molecule has 2 fully saturated rings. The second-order valence-electron chi connectivity index (χ2n) is 10.8. The molecule has 9 nitrogen and oxygen atoms in total. The van der Waals surface area contributed by atoms with Crippen LogP contribution < -0.4 is 10.6 Å². The maximum atomic E-state index is 13.8. The van der Waals surface area contributed by atoms with Crippen LogP contribution in [0, 0.1) is 11.6 Å². The highest BCUT2D eigenvalue weighted by molar-refractivity contribution is 6.07. The lowest BCUT2D eigenvalue weighted by molar-refractivity contribution is -0.156. The fourth-order valence-corrected chi connectivity index (χ4v) is 5.92. The van der Waals surface area contributed by atoms with Crippen LogP contribution in [0.25, 0.3) is 0 Å². The van der Waals surface area contributed by atoms with Crippen LogP contribution in [0.15, 0.2) is 36.4 Å². The van der Waals surface area contributed by atoms with Gasteiger partial charge in [0.05, 0.1) is 0 Å². The number of anilines is 1. The molecule has 2 aromatic carbocycles. The number of nitrogens with zero attached hydrogens (tertiary/aromatic N) is 2. The van der Waals surface area contributed by atoms with Crippen molar-refractivity contribution in [3.05, 3.63) is 64.7 Å². The highest BCUT2D eigenvalue weighted by Crippen LogP contribution is 2.38. The zero-order valence-electron chi connectivity index (χ0n) is 21.6. The fraction of sp³-hybridized carbons (Fsp3) is 0.429. The first-order chi connectivity index (χ1) is 18.5. The normalized spacial score (nSPS) is 21.6. The van der Waals surface area contributed by atoms with E-state index in [1.54, 1.807) is 25.2 Å². The average molecular weight is 541 g/mol. The van der Waals surface area contributed by atoms with Crippen LogP contribution in [0.1, 0.15) is 48.8 Å². The third-order valence-electron chi connectivity index (χ3n) is 8.04. The molecule has 5 rings (SSSR count). The molecule has 0 aromatic heterocycles. The third-order valence-corrected chi connectivity index (χ3v) is 8.04. The molecule has 2 aromatic rings. The Balaban J connectivity index is 1.33. The van der Waals surface area contributed by atoms with Crippen molar-refractivity contribution in [1.29, 1.82) is 0 Å². The smallest absolute Gasteiger partial charge is 0.324 e. The molecular formula is C28H30F2N4O5. The Kier molecular flexibility index (Phi) is 6.88. The summed E-state index contributed by atoms with van der Waals surface area (Å²) in [5, 5.41) is 16.1. The first-order valence-electron chi connectivity index (χ1n) is 13.0. The number of carbonyl (C=O) groups is 4. The van der Waals surface area contributed by atoms with Crippen LogP contribution in [0.4, 0.5) is 19.3 Å². The van der Waals surface area contributed by atoms with Gasteiger partial charge in [-0.05, 0) is 53.8 Å². The van der Waals surface area contributed by atoms with Crippen LogP contribution >= 0.6 is 0 Å². The Bertz CT molecular complexity index is 1340. The Hall–Kier alpha value is -3.86. The van der Waals surface area contributed by atoms with E-state index >= 15 is 0 Å². The minimum absolute atomic E-state index is 0.157. The molecule has 1 aliphatic heterocycles. The second-order valence-corrected chi connectivity index (χ2v) is 10.8. The number of rotatable bonds is 6. The number of nitrogens with one attached hydrogen (secondary N) is 2. The second kappa shape index (κ2) is 10.0. The number of halogens is 2. The number of fused-ring (bicyclic) bond motifs is 1. The zero-order valence-corrected chi connectivity index (χ0v) is 21.6. The van der Waals surface area contributed by atoms with E-state index in [2.05, 4.69) is 10.6 Å². The molecular weight excluding hydrogens is 510 g/mol. The summed E-state index contributed by atoms with van der Waals surface area (Å²) < 4.78 is 27.7. The summed E-state index contributed by atoms with van der Waals surface area (Å²) >= 11 is 0. The van der Waals surface area contributed by atoms with Gasteiger partial charge >= 0.3 is 6.03 Å². The van der Waals surface area contributed by atoms with Crippen LogP contribution in [-0.2, 0) is 33.8 Å². The number of hydrogen-bond acceptors (Lipinski definition) is 5. The van der Waals surface area contributed by atoms with Gasteiger partial charge in [-0.25, -0.2) is 13.6 Å². The highest BCUT2D eigenvalue weighted by Gasteiger charge is 2.54. The largest absolute Gasteiger partial charge is 0.380 e. The van der Waals surface area contributed by atoms with Crippen molar-refractivity contribution >= 4 is 29.4 Å². The molecule has 206 valence electrons. The van der Waals surface area contributed by atoms with E-state index in [0.29, 0.717) is 31.4 Å². The number of urea groups is 1. The van der Waals surface area contributed by atoms with Crippen LogP contribution in [0.3, 0.4) is 0 Å². The van der Waals surface area contributed by atoms with Gasteiger partial charge in [-0.3, -0.25) is 19.7 Å². The van der Waals surface area contributed by atoms with Crippen molar-refractivity contribution in [2.24, 2.45) is 0 Å². The molecule has 1 heterocycles. The third kappa shape index (κ3) is 5.10. The van der Waals surface area contributed by atoms with Crippen LogP contribution in [0.2, 0.25) is 0 Å². The summed E-state index contributed by atoms with van der Waals surface area (Å²) in [6.45, 7) is -0.703. The monoisotopic (exact) mass is 540 g/mol. The van der Waals surface area contributed by atoms with E-state index in [1.807, 2.05) is 0 Å². The molecule has 0 bridgehead atoms. The average Bonchev–Trinajstić information content (AvgIpc) is 3.35. The van der Waals surface area contributed by atoms with Gasteiger partial charge < -0.3 is 20.2 Å². The molecule has 1 atom stereocenters. The Morgan fingerprint density at radius 3 is 2.33 bits per heavy atom. The molecule has 1 saturated carbocycles. The summed E-state index contributed by atoms with van der Waals surface area (Å²) in [4.78, 5) is 53.6. The minimum atomic E-state index is -1.64. The van der Waals surface area contributed by atoms with Gasteiger partial charge in [0.2, 0.25) is 5.91 Å². The van der Waals surface area contributed by atoms with Crippen molar-refractivity contribution in [3.8, 4) is 0 Å². The van der Waals surface area contributed by atoms with Gasteiger partial charge in [-0.15, -0.1) is 0 Å². The van der Waals surface area contributed by atoms with E-state index in [4.69, 9.17) is 0 Å². The predicted molar refractivity (Wildman–Crippen MR) is 136 cm³/mol. The van der Waals surface area contributed by atoms with E-state index in [-0.39, 0.29) is 30.9 Å². The molecule has 1 saturated heterocycles. The Labute approximate surface area is 224 Å². The summed E-state index contributed by atoms with van der Waals surface area (Å²) in [6, 6.07) is 7.63. The minimum Gasteiger partial charge on any atom is -0.380 e. The number of benzene rings is 2. The lowest BCUT2D eigenvalue weighted by Gasteiger charge is -2.35. The molecule has 3 aliphatic rings. The highest BCUT2D eigenvalue weighted by atomic mass is 19.1. The Morgan fingerprint density at radius 2 is 1.69 bits per heavy atom. The van der Waals surface area contributed by atoms with Gasteiger partial charge in [-0.1, -0.05) is 25.3 Å². The number of imide groups is 1. The van der Waals surface area contributed by atoms with E-state index in [1.165, 1.54) is 4.90 Å². The van der Waals surface area contributed by atoms with Crippen LogP contribution in [0.5, 0.6) is 0 Å². The molecule has 0 radical (unpaired) electrons. The molecule has 2 aliphatic carbocycles. The van der Waals surface area contributed by atoms with Crippen molar-refractivity contribution in [2.75, 3.05) is 18.9 Å². The lowest BCUT2D eigenvalue weighted by Crippen LogP contribution is -2.51. The van der Waals surface area contributed by atoms with E-state index in [0.717, 1.165) is 40.6 Å². The molecule has 11 heteroatoms. The number of aliphatic hydroxyl groups is 1.